The van der Waals surface area contributed by atoms with Crippen molar-refractivity contribution in [3.63, 3.8) is 0 Å². The second-order valence-corrected chi connectivity index (χ2v) is 7.53. The third-order valence-corrected chi connectivity index (χ3v) is 5.21. The van der Waals surface area contributed by atoms with Gasteiger partial charge in [-0.1, -0.05) is 12.1 Å². The summed E-state index contributed by atoms with van der Waals surface area (Å²) < 4.78 is 39.9. The minimum atomic E-state index is -3.79. The molecule has 0 bridgehead atoms. The van der Waals surface area contributed by atoms with E-state index in [2.05, 4.69) is 10.0 Å². The smallest absolute Gasteiger partial charge is 0.261 e. The third kappa shape index (κ3) is 5.53. The highest BCUT2D eigenvalue weighted by molar-refractivity contribution is 7.92. The first-order valence-corrected chi connectivity index (χ1v) is 9.56. The van der Waals surface area contributed by atoms with Crippen molar-refractivity contribution in [3.8, 4) is 0 Å². The quantitative estimate of drug-likeness (QED) is 0.734. The summed E-state index contributed by atoms with van der Waals surface area (Å²) in [5.74, 6) is -0.516. The van der Waals surface area contributed by atoms with E-state index in [0.29, 0.717) is 18.8 Å². The minimum absolute atomic E-state index is 0.0140. The number of carbonyl (C=O) groups is 1. The van der Waals surface area contributed by atoms with Crippen LogP contribution in [0.3, 0.4) is 0 Å². The van der Waals surface area contributed by atoms with Crippen LogP contribution in [0.25, 0.3) is 0 Å². The predicted molar refractivity (Wildman–Crippen MR) is 98.9 cm³/mol. The van der Waals surface area contributed by atoms with Gasteiger partial charge < -0.3 is 10.2 Å². The van der Waals surface area contributed by atoms with E-state index in [-0.39, 0.29) is 17.2 Å². The van der Waals surface area contributed by atoms with E-state index in [1.807, 2.05) is 7.05 Å². The Morgan fingerprint density at radius 1 is 1.08 bits per heavy atom. The fourth-order valence-electron chi connectivity index (χ4n) is 2.23. The molecule has 2 rings (SSSR count). The molecule has 0 radical (unpaired) electrons. The number of rotatable bonds is 8. The van der Waals surface area contributed by atoms with Gasteiger partial charge in [-0.15, -0.1) is 0 Å². The zero-order chi connectivity index (χ0) is 19.2. The molecule has 1 amide bonds. The standard InChI is InChI=1S/C18H22FN3O3S/c1-20-11-12-22(2)18(23)13-14-3-7-16(8-4-14)21-26(24,25)17-9-5-15(19)6-10-17/h3-10,20-21H,11-13H2,1-2H3. The second kappa shape index (κ2) is 8.77. The van der Waals surface area contributed by atoms with Crippen molar-refractivity contribution in [1.82, 2.24) is 10.2 Å². The highest BCUT2D eigenvalue weighted by Gasteiger charge is 2.14. The van der Waals surface area contributed by atoms with Gasteiger partial charge in [-0.2, -0.15) is 0 Å². The van der Waals surface area contributed by atoms with Crippen LogP contribution in [-0.2, 0) is 21.2 Å². The number of hydrogen-bond donors (Lipinski definition) is 2. The molecule has 0 unspecified atom stereocenters. The van der Waals surface area contributed by atoms with Gasteiger partial charge in [0.1, 0.15) is 5.82 Å². The number of nitrogens with one attached hydrogen (secondary N) is 2. The molecule has 0 spiro atoms. The van der Waals surface area contributed by atoms with Crippen molar-refractivity contribution in [1.29, 1.82) is 0 Å². The normalized spacial score (nSPS) is 11.2. The molecule has 140 valence electrons. The average Bonchev–Trinajstić information content (AvgIpc) is 2.61. The summed E-state index contributed by atoms with van der Waals surface area (Å²) in [5, 5.41) is 2.98. The van der Waals surface area contributed by atoms with Crippen LogP contribution in [0, 0.1) is 5.82 Å². The summed E-state index contributed by atoms with van der Waals surface area (Å²) in [6, 6.07) is 11.2. The van der Waals surface area contributed by atoms with Crippen LogP contribution in [0.5, 0.6) is 0 Å². The molecular weight excluding hydrogens is 357 g/mol. The number of likely N-dealkylation sites (N-methyl/N-ethyl adjacent to an activating group) is 2. The highest BCUT2D eigenvalue weighted by Crippen LogP contribution is 2.17. The Morgan fingerprint density at radius 3 is 2.27 bits per heavy atom. The fraction of sp³-hybridized carbons (Fsp3) is 0.278. The first-order valence-electron chi connectivity index (χ1n) is 8.08. The molecule has 0 fully saturated rings. The maximum absolute atomic E-state index is 12.9. The van der Waals surface area contributed by atoms with Gasteiger partial charge >= 0.3 is 0 Å². The summed E-state index contributed by atoms with van der Waals surface area (Å²) in [7, 11) is -0.224. The van der Waals surface area contributed by atoms with Crippen molar-refractivity contribution in [2.45, 2.75) is 11.3 Å². The van der Waals surface area contributed by atoms with Gasteiger partial charge in [-0.3, -0.25) is 9.52 Å². The number of anilines is 1. The maximum Gasteiger partial charge on any atom is 0.261 e. The molecule has 8 heteroatoms. The van der Waals surface area contributed by atoms with Gasteiger partial charge in [0.2, 0.25) is 5.91 Å². The van der Waals surface area contributed by atoms with Gasteiger partial charge in [0, 0.05) is 25.8 Å². The number of benzene rings is 2. The SMILES string of the molecule is CNCCN(C)C(=O)Cc1ccc(NS(=O)(=O)c2ccc(F)cc2)cc1. The molecule has 0 atom stereocenters. The van der Waals surface area contributed by atoms with E-state index in [0.717, 1.165) is 17.7 Å². The zero-order valence-corrected chi connectivity index (χ0v) is 15.5. The van der Waals surface area contributed by atoms with Crippen molar-refractivity contribution >= 4 is 21.6 Å². The van der Waals surface area contributed by atoms with Crippen LogP contribution in [0.4, 0.5) is 10.1 Å². The van der Waals surface area contributed by atoms with Crippen molar-refractivity contribution in [3.05, 3.63) is 59.9 Å². The van der Waals surface area contributed by atoms with Crippen LogP contribution in [0.15, 0.2) is 53.4 Å². The molecule has 0 heterocycles. The topological polar surface area (TPSA) is 78.5 Å². The largest absolute Gasteiger partial charge is 0.344 e. The number of carbonyl (C=O) groups excluding carboxylic acids is 1. The van der Waals surface area contributed by atoms with Gasteiger partial charge in [-0.25, -0.2) is 12.8 Å². The van der Waals surface area contributed by atoms with Crippen molar-refractivity contribution < 1.29 is 17.6 Å². The van der Waals surface area contributed by atoms with Crippen LogP contribution < -0.4 is 10.0 Å². The second-order valence-electron chi connectivity index (χ2n) is 5.85. The average molecular weight is 379 g/mol. The van der Waals surface area contributed by atoms with E-state index < -0.39 is 15.8 Å². The molecule has 2 aromatic rings. The lowest BCUT2D eigenvalue weighted by Gasteiger charge is -2.17. The summed E-state index contributed by atoms with van der Waals surface area (Å²) in [5.41, 5.74) is 1.16. The first kappa shape index (κ1) is 19.9. The monoisotopic (exact) mass is 379 g/mol. The van der Waals surface area contributed by atoms with Gasteiger partial charge in [0.05, 0.1) is 11.3 Å². The van der Waals surface area contributed by atoms with Crippen LogP contribution in [0.1, 0.15) is 5.56 Å². The molecule has 26 heavy (non-hydrogen) atoms. The summed E-state index contributed by atoms with van der Waals surface area (Å²) in [6.45, 7) is 1.33. The lowest BCUT2D eigenvalue weighted by Crippen LogP contribution is -2.33. The molecule has 0 aliphatic heterocycles. The summed E-state index contributed by atoms with van der Waals surface area (Å²) in [4.78, 5) is 13.7. The first-order chi connectivity index (χ1) is 12.3. The molecule has 2 aromatic carbocycles. The summed E-state index contributed by atoms with van der Waals surface area (Å²) in [6.07, 6.45) is 0.241. The van der Waals surface area contributed by atoms with Gasteiger partial charge in [-0.05, 0) is 49.0 Å². The van der Waals surface area contributed by atoms with Crippen molar-refractivity contribution in [2.24, 2.45) is 0 Å². The van der Waals surface area contributed by atoms with Gasteiger partial charge in [0.25, 0.3) is 10.0 Å². The third-order valence-electron chi connectivity index (χ3n) is 3.81. The lowest BCUT2D eigenvalue weighted by atomic mass is 10.1. The maximum atomic E-state index is 12.9. The fourth-order valence-corrected chi connectivity index (χ4v) is 3.29. The molecule has 0 saturated carbocycles. The van der Waals surface area contributed by atoms with Gasteiger partial charge in [0.15, 0.2) is 0 Å². The molecule has 0 aromatic heterocycles. The lowest BCUT2D eigenvalue weighted by molar-refractivity contribution is -0.129. The molecule has 0 aliphatic rings. The van der Waals surface area contributed by atoms with E-state index in [9.17, 15) is 17.6 Å². The van der Waals surface area contributed by atoms with E-state index in [4.69, 9.17) is 0 Å². The Balaban J connectivity index is 2.01. The number of sulfonamides is 1. The number of amides is 1. The Bertz CT molecular complexity index is 837. The van der Waals surface area contributed by atoms with Crippen LogP contribution >= 0.6 is 0 Å². The summed E-state index contributed by atoms with van der Waals surface area (Å²) >= 11 is 0. The number of nitrogens with zero attached hydrogens (tertiary/aromatic N) is 1. The molecular formula is C18H22FN3O3S. The van der Waals surface area contributed by atoms with E-state index in [1.165, 1.54) is 12.1 Å². The molecule has 2 N–H and O–H groups in total. The molecule has 0 saturated heterocycles. The number of halogens is 1. The minimum Gasteiger partial charge on any atom is -0.344 e. The Hall–Kier alpha value is -2.45. The highest BCUT2D eigenvalue weighted by atomic mass is 32.2. The number of hydrogen-bond acceptors (Lipinski definition) is 4. The Labute approximate surface area is 153 Å². The van der Waals surface area contributed by atoms with E-state index in [1.54, 1.807) is 36.2 Å². The van der Waals surface area contributed by atoms with Crippen molar-refractivity contribution in [2.75, 3.05) is 31.9 Å². The Kier molecular flexibility index (Phi) is 6.70. The van der Waals surface area contributed by atoms with Crippen LogP contribution in [-0.4, -0.2) is 46.4 Å². The van der Waals surface area contributed by atoms with Crippen LogP contribution in [0.2, 0.25) is 0 Å². The molecule has 0 aliphatic carbocycles. The zero-order valence-electron chi connectivity index (χ0n) is 14.7. The predicted octanol–water partition coefficient (Wildman–Crippen LogP) is 1.85. The molecule has 6 nitrogen and oxygen atoms in total. The van der Waals surface area contributed by atoms with E-state index >= 15 is 0 Å². The Morgan fingerprint density at radius 2 is 1.69 bits per heavy atom.